The number of nitrogens with zero attached hydrogens (tertiary/aromatic N) is 1. The average molecular weight is 525 g/mol. The van der Waals surface area contributed by atoms with Gasteiger partial charge in [0.05, 0.1) is 5.56 Å². The van der Waals surface area contributed by atoms with E-state index in [2.05, 4.69) is 10.2 Å². The molecule has 5 N–H and O–H groups in total. The largest absolute Gasteiger partial charge is 0.479 e. The second-order valence-electron chi connectivity index (χ2n) is 8.83. The highest BCUT2D eigenvalue weighted by molar-refractivity contribution is 5.83. The number of aliphatic hydroxyl groups is 2. The summed E-state index contributed by atoms with van der Waals surface area (Å²) in [4.78, 5) is 21.7. The van der Waals surface area contributed by atoms with Crippen LogP contribution in [0.4, 0.5) is 17.6 Å². The summed E-state index contributed by atoms with van der Waals surface area (Å²) in [5, 5.41) is 35.8. The number of aliphatic hydroxyl groups excluding tert-OH is 2. The Morgan fingerprint density at radius 2 is 1.58 bits per heavy atom. The van der Waals surface area contributed by atoms with E-state index in [0.717, 1.165) is 64.6 Å². The molecule has 3 rings (SSSR count). The summed E-state index contributed by atoms with van der Waals surface area (Å²) in [5.41, 5.74) is -0.701. The number of ether oxygens (including phenoxy) is 1. The van der Waals surface area contributed by atoms with E-state index in [1.54, 1.807) is 0 Å². The highest BCUT2D eigenvalue weighted by atomic mass is 19.4. The van der Waals surface area contributed by atoms with Crippen molar-refractivity contribution in [2.45, 2.75) is 56.7 Å². The Kier molecular flexibility index (Phi) is 11.5. The van der Waals surface area contributed by atoms with Gasteiger partial charge in [-0.25, -0.2) is 14.0 Å². The highest BCUT2D eigenvalue weighted by Crippen LogP contribution is 2.34. The summed E-state index contributed by atoms with van der Waals surface area (Å²) < 4.78 is 58.9. The van der Waals surface area contributed by atoms with Gasteiger partial charge in [0, 0.05) is 32.3 Å². The van der Waals surface area contributed by atoms with E-state index in [9.17, 15) is 27.2 Å². The van der Waals surface area contributed by atoms with Crippen LogP contribution in [0.2, 0.25) is 0 Å². The number of benzene rings is 1. The second kappa shape index (κ2) is 13.8. The Hall–Kier alpha value is -2.32. The minimum absolute atomic E-state index is 0.157. The smallest absolute Gasteiger partial charge is 0.416 e. The number of aliphatic carboxylic acids is 2. The second-order valence-corrected chi connectivity index (χ2v) is 8.83. The quantitative estimate of drug-likeness (QED) is 0.322. The molecule has 0 aliphatic carbocycles. The molecule has 2 saturated heterocycles. The molecule has 0 unspecified atom stereocenters. The molecule has 0 amide bonds. The SMILES string of the molecule is Fc1ccc(CN(CC2CCOCC2)C2CCNCC2)c(C(F)(F)F)c1.O=C(O)[C@H](O)[C@@H](O)C(=O)O. The summed E-state index contributed by atoms with van der Waals surface area (Å²) in [6.45, 7) is 4.17. The Balaban J connectivity index is 0.000000388. The van der Waals surface area contributed by atoms with Gasteiger partial charge in [-0.1, -0.05) is 6.07 Å². The van der Waals surface area contributed by atoms with Gasteiger partial charge in [-0.2, -0.15) is 13.2 Å². The number of hydrogen-bond acceptors (Lipinski definition) is 7. The molecule has 0 radical (unpaired) electrons. The number of carbonyl (C=O) groups is 2. The third-order valence-electron chi connectivity index (χ3n) is 6.21. The Morgan fingerprint density at radius 1 is 1.03 bits per heavy atom. The van der Waals surface area contributed by atoms with Gasteiger partial charge < -0.3 is 30.5 Å². The lowest BCUT2D eigenvalue weighted by Gasteiger charge is -2.38. The van der Waals surface area contributed by atoms with Gasteiger partial charge in [0.15, 0.2) is 12.2 Å². The van der Waals surface area contributed by atoms with Crippen molar-refractivity contribution in [2.75, 3.05) is 32.8 Å². The molecule has 0 spiro atoms. The summed E-state index contributed by atoms with van der Waals surface area (Å²) in [6.07, 6.45) is -5.35. The molecule has 204 valence electrons. The topological polar surface area (TPSA) is 140 Å². The van der Waals surface area contributed by atoms with Crippen molar-refractivity contribution in [1.82, 2.24) is 10.2 Å². The predicted octanol–water partition coefficient (Wildman–Crippen LogP) is 1.70. The number of hydrogen-bond donors (Lipinski definition) is 5. The molecule has 0 saturated carbocycles. The van der Waals surface area contributed by atoms with Crippen LogP contribution >= 0.6 is 0 Å². The molecule has 2 aliphatic rings. The number of nitrogens with one attached hydrogen (secondary N) is 1. The Bertz CT molecular complexity index is 841. The lowest BCUT2D eigenvalue weighted by Crippen LogP contribution is -2.45. The van der Waals surface area contributed by atoms with Gasteiger partial charge in [-0.05, 0) is 62.4 Å². The number of carboxylic acid groups (broad SMARTS) is 2. The van der Waals surface area contributed by atoms with E-state index in [1.165, 1.54) is 6.07 Å². The third-order valence-corrected chi connectivity index (χ3v) is 6.21. The first-order chi connectivity index (χ1) is 16.9. The van der Waals surface area contributed by atoms with Gasteiger partial charge in [-0.15, -0.1) is 0 Å². The number of carboxylic acids is 2. The maximum absolute atomic E-state index is 13.4. The molecule has 2 atom stereocenters. The van der Waals surface area contributed by atoms with Gasteiger partial charge in [-0.3, -0.25) is 4.90 Å². The number of halogens is 4. The van der Waals surface area contributed by atoms with E-state index < -0.39 is 41.7 Å². The molecular formula is C23H32F4N2O7. The molecular weight excluding hydrogens is 492 g/mol. The maximum Gasteiger partial charge on any atom is 0.416 e. The van der Waals surface area contributed by atoms with Crippen LogP contribution in [-0.4, -0.2) is 88.4 Å². The number of alkyl halides is 3. The van der Waals surface area contributed by atoms with Crippen LogP contribution in [0.5, 0.6) is 0 Å². The summed E-state index contributed by atoms with van der Waals surface area (Å²) in [7, 11) is 0. The Labute approximate surface area is 205 Å². The minimum atomic E-state index is -4.55. The van der Waals surface area contributed by atoms with Crippen molar-refractivity contribution in [3.05, 3.63) is 35.1 Å². The molecule has 2 aliphatic heterocycles. The summed E-state index contributed by atoms with van der Waals surface area (Å²) in [5.74, 6) is -3.95. The van der Waals surface area contributed by atoms with Crippen LogP contribution in [0.1, 0.15) is 36.8 Å². The molecule has 2 heterocycles. The van der Waals surface area contributed by atoms with Gasteiger partial charge in [0.25, 0.3) is 0 Å². The third kappa shape index (κ3) is 9.28. The molecule has 9 nitrogen and oxygen atoms in total. The zero-order chi connectivity index (χ0) is 26.9. The Morgan fingerprint density at radius 3 is 2.08 bits per heavy atom. The van der Waals surface area contributed by atoms with Crippen molar-refractivity contribution in [3.63, 3.8) is 0 Å². The van der Waals surface area contributed by atoms with Gasteiger partial charge >= 0.3 is 18.1 Å². The first-order valence-corrected chi connectivity index (χ1v) is 11.6. The monoisotopic (exact) mass is 524 g/mol. The van der Waals surface area contributed by atoms with E-state index in [4.69, 9.17) is 25.2 Å². The van der Waals surface area contributed by atoms with Crippen LogP contribution in [0.3, 0.4) is 0 Å². The van der Waals surface area contributed by atoms with Crippen molar-refractivity contribution in [3.8, 4) is 0 Å². The van der Waals surface area contributed by atoms with Crippen molar-refractivity contribution in [1.29, 1.82) is 0 Å². The summed E-state index contributed by atoms with van der Waals surface area (Å²) >= 11 is 0. The van der Waals surface area contributed by atoms with Crippen LogP contribution < -0.4 is 5.32 Å². The van der Waals surface area contributed by atoms with E-state index >= 15 is 0 Å². The normalized spacial score (nSPS) is 19.3. The maximum atomic E-state index is 13.4. The first-order valence-electron chi connectivity index (χ1n) is 11.6. The van der Waals surface area contributed by atoms with Crippen LogP contribution in [0, 0.1) is 11.7 Å². The predicted molar refractivity (Wildman–Crippen MR) is 119 cm³/mol. The fourth-order valence-electron chi connectivity index (χ4n) is 4.21. The molecule has 13 heteroatoms. The molecule has 0 aromatic heterocycles. The first kappa shape index (κ1) is 29.9. The molecule has 0 bridgehead atoms. The van der Waals surface area contributed by atoms with Crippen molar-refractivity contribution >= 4 is 11.9 Å². The number of piperidine rings is 1. The fraction of sp³-hybridized carbons (Fsp3) is 0.652. The molecule has 1 aromatic carbocycles. The fourth-order valence-corrected chi connectivity index (χ4v) is 4.21. The lowest BCUT2D eigenvalue weighted by atomic mass is 9.95. The molecule has 2 fully saturated rings. The number of rotatable bonds is 8. The van der Waals surface area contributed by atoms with Gasteiger partial charge in [0.1, 0.15) is 5.82 Å². The van der Waals surface area contributed by atoms with E-state index in [0.29, 0.717) is 12.0 Å². The van der Waals surface area contributed by atoms with Crippen molar-refractivity contribution in [2.24, 2.45) is 5.92 Å². The van der Waals surface area contributed by atoms with Crippen LogP contribution in [0.15, 0.2) is 18.2 Å². The van der Waals surface area contributed by atoms with Crippen LogP contribution in [-0.2, 0) is 27.0 Å². The minimum Gasteiger partial charge on any atom is -0.479 e. The van der Waals surface area contributed by atoms with Crippen molar-refractivity contribution < 1.29 is 52.3 Å². The lowest BCUT2D eigenvalue weighted by molar-refractivity contribution is -0.165. The zero-order valence-electron chi connectivity index (χ0n) is 19.6. The zero-order valence-corrected chi connectivity index (χ0v) is 19.6. The highest BCUT2D eigenvalue weighted by Gasteiger charge is 2.35. The molecule has 1 aromatic rings. The van der Waals surface area contributed by atoms with Gasteiger partial charge in [0.2, 0.25) is 0 Å². The molecule has 36 heavy (non-hydrogen) atoms. The van der Waals surface area contributed by atoms with E-state index in [1.807, 2.05) is 0 Å². The average Bonchev–Trinajstić information content (AvgIpc) is 2.84. The standard InChI is InChI=1S/C19H26F4N2O.C4H6O6/c20-16-2-1-15(18(11-16)19(21,22)23)13-25(17-3-7-24-8-4-17)12-14-5-9-26-10-6-14;5-1(3(7)8)2(6)4(9)10/h1-2,11,14,17,24H,3-10,12-13H2;1-2,5-6H,(H,7,8)(H,9,10)/t;1-,2-/m.1/s1. The summed E-state index contributed by atoms with van der Waals surface area (Å²) in [6, 6.07) is 3.28. The van der Waals surface area contributed by atoms with E-state index in [-0.39, 0.29) is 18.2 Å². The van der Waals surface area contributed by atoms with Crippen LogP contribution in [0.25, 0.3) is 0 Å².